The van der Waals surface area contributed by atoms with Gasteiger partial charge in [0.15, 0.2) is 0 Å². The van der Waals surface area contributed by atoms with E-state index in [1.807, 2.05) is 44.2 Å². The van der Waals surface area contributed by atoms with Gasteiger partial charge in [-0.2, -0.15) is 5.10 Å². The number of hydrogen-bond acceptors (Lipinski definition) is 4. The Hall–Kier alpha value is -3.61. The van der Waals surface area contributed by atoms with E-state index in [0.717, 1.165) is 5.75 Å². The highest BCUT2D eigenvalue weighted by molar-refractivity contribution is 6.43. The van der Waals surface area contributed by atoms with Crippen LogP contribution in [0.4, 0.5) is 11.4 Å². The van der Waals surface area contributed by atoms with Crippen LogP contribution in [0.15, 0.2) is 67.0 Å². The van der Waals surface area contributed by atoms with Crippen molar-refractivity contribution in [3.8, 4) is 11.5 Å². The molecule has 0 aliphatic carbocycles. The molecule has 1 heterocycles. The van der Waals surface area contributed by atoms with E-state index in [0.29, 0.717) is 17.1 Å². The van der Waals surface area contributed by atoms with Crippen molar-refractivity contribution in [2.45, 2.75) is 19.9 Å². The second kappa shape index (κ2) is 8.18. The second-order valence-electron chi connectivity index (χ2n) is 6.15. The summed E-state index contributed by atoms with van der Waals surface area (Å²) < 4.78 is 7.38. The summed E-state index contributed by atoms with van der Waals surface area (Å²) in [7, 11) is 0. The van der Waals surface area contributed by atoms with Crippen LogP contribution in [-0.2, 0) is 9.59 Å². The zero-order chi connectivity index (χ0) is 19.2. The SMILES string of the molecule is CC(C)n1cc(NC(=O)C(=O)Nc2ccc(Oc3ccccc3)cc2)cn1. The van der Waals surface area contributed by atoms with Gasteiger partial charge in [-0.15, -0.1) is 0 Å². The van der Waals surface area contributed by atoms with Crippen LogP contribution >= 0.6 is 0 Å². The van der Waals surface area contributed by atoms with Crippen molar-refractivity contribution in [3.63, 3.8) is 0 Å². The number of nitrogens with zero attached hydrogens (tertiary/aromatic N) is 2. The molecule has 2 amide bonds. The molecule has 7 heteroatoms. The Morgan fingerprint density at radius 2 is 1.48 bits per heavy atom. The van der Waals surface area contributed by atoms with Crippen LogP contribution < -0.4 is 15.4 Å². The van der Waals surface area contributed by atoms with E-state index in [2.05, 4.69) is 15.7 Å². The fourth-order valence-corrected chi connectivity index (χ4v) is 2.29. The summed E-state index contributed by atoms with van der Waals surface area (Å²) in [6, 6.07) is 16.3. The lowest BCUT2D eigenvalue weighted by Gasteiger charge is -2.08. The summed E-state index contributed by atoms with van der Waals surface area (Å²) in [6.45, 7) is 3.94. The first-order valence-corrected chi connectivity index (χ1v) is 8.51. The standard InChI is InChI=1S/C20H20N4O3/c1-14(2)24-13-16(12-21-24)23-20(26)19(25)22-15-8-10-18(11-9-15)27-17-6-4-3-5-7-17/h3-14H,1-2H3,(H,22,25)(H,23,26). The molecule has 0 saturated heterocycles. The minimum atomic E-state index is -0.761. The number of ether oxygens (including phenoxy) is 1. The topological polar surface area (TPSA) is 85.2 Å². The Morgan fingerprint density at radius 3 is 2.07 bits per heavy atom. The molecule has 0 spiro atoms. The molecule has 0 aliphatic heterocycles. The summed E-state index contributed by atoms with van der Waals surface area (Å²) in [4.78, 5) is 24.1. The molecule has 0 fully saturated rings. The molecule has 0 bridgehead atoms. The number of hydrogen-bond donors (Lipinski definition) is 2. The molecule has 0 aliphatic rings. The normalized spacial score (nSPS) is 10.5. The van der Waals surface area contributed by atoms with Gasteiger partial charge in [-0.25, -0.2) is 0 Å². The molecular formula is C20H20N4O3. The number of benzene rings is 2. The maximum atomic E-state index is 12.1. The van der Waals surface area contributed by atoms with Crippen molar-refractivity contribution < 1.29 is 14.3 Å². The fourth-order valence-electron chi connectivity index (χ4n) is 2.29. The Bertz CT molecular complexity index is 918. The highest BCUT2D eigenvalue weighted by Crippen LogP contribution is 2.22. The van der Waals surface area contributed by atoms with Gasteiger partial charge < -0.3 is 15.4 Å². The van der Waals surface area contributed by atoms with E-state index in [9.17, 15) is 9.59 Å². The van der Waals surface area contributed by atoms with Crippen LogP contribution in [0.5, 0.6) is 11.5 Å². The van der Waals surface area contributed by atoms with Crippen LogP contribution in [0.25, 0.3) is 0 Å². The van der Waals surface area contributed by atoms with Crippen LogP contribution in [0.3, 0.4) is 0 Å². The number of carbonyl (C=O) groups is 2. The molecule has 3 aromatic rings. The highest BCUT2D eigenvalue weighted by atomic mass is 16.5. The van der Waals surface area contributed by atoms with Crippen LogP contribution in [0.2, 0.25) is 0 Å². The van der Waals surface area contributed by atoms with Crippen molar-refractivity contribution in [2.24, 2.45) is 0 Å². The quantitative estimate of drug-likeness (QED) is 0.674. The Kier molecular flexibility index (Phi) is 5.51. The minimum absolute atomic E-state index is 0.168. The predicted molar refractivity (Wildman–Crippen MR) is 103 cm³/mol. The van der Waals surface area contributed by atoms with E-state index < -0.39 is 11.8 Å². The van der Waals surface area contributed by atoms with Gasteiger partial charge in [0.1, 0.15) is 11.5 Å². The monoisotopic (exact) mass is 364 g/mol. The summed E-state index contributed by atoms with van der Waals surface area (Å²) in [5.74, 6) is -0.174. The minimum Gasteiger partial charge on any atom is -0.457 e. The molecular weight excluding hydrogens is 344 g/mol. The van der Waals surface area contributed by atoms with Crippen LogP contribution in [-0.4, -0.2) is 21.6 Å². The Labute approximate surface area is 157 Å². The van der Waals surface area contributed by atoms with Gasteiger partial charge in [-0.1, -0.05) is 18.2 Å². The van der Waals surface area contributed by atoms with Gasteiger partial charge in [-0.3, -0.25) is 14.3 Å². The Morgan fingerprint density at radius 1 is 0.889 bits per heavy atom. The van der Waals surface area contributed by atoms with E-state index in [1.165, 1.54) is 6.20 Å². The summed E-state index contributed by atoms with van der Waals surface area (Å²) in [5.41, 5.74) is 0.962. The lowest BCUT2D eigenvalue weighted by Crippen LogP contribution is -2.28. The maximum Gasteiger partial charge on any atom is 0.314 e. The molecule has 7 nitrogen and oxygen atoms in total. The molecule has 0 saturated carbocycles. The predicted octanol–water partition coefficient (Wildman–Crippen LogP) is 3.83. The Balaban J connectivity index is 1.55. The van der Waals surface area contributed by atoms with Crippen molar-refractivity contribution in [2.75, 3.05) is 10.6 Å². The molecule has 0 unspecified atom stereocenters. The van der Waals surface area contributed by atoms with Crippen LogP contribution in [0.1, 0.15) is 19.9 Å². The summed E-state index contributed by atoms with van der Waals surface area (Å²) in [5, 5.41) is 9.18. The largest absolute Gasteiger partial charge is 0.457 e. The molecule has 2 N–H and O–H groups in total. The maximum absolute atomic E-state index is 12.1. The van der Waals surface area contributed by atoms with Gasteiger partial charge in [-0.05, 0) is 50.2 Å². The smallest absolute Gasteiger partial charge is 0.314 e. The zero-order valence-electron chi connectivity index (χ0n) is 15.0. The molecule has 1 aromatic heterocycles. The zero-order valence-corrected chi connectivity index (χ0v) is 15.0. The number of amides is 2. The van der Waals surface area contributed by atoms with E-state index >= 15 is 0 Å². The van der Waals surface area contributed by atoms with Gasteiger partial charge in [0.05, 0.1) is 11.9 Å². The average molecular weight is 364 g/mol. The molecule has 0 atom stereocenters. The highest BCUT2D eigenvalue weighted by Gasteiger charge is 2.15. The number of aromatic nitrogens is 2. The first kappa shape index (κ1) is 18.2. The van der Waals surface area contributed by atoms with Gasteiger partial charge >= 0.3 is 11.8 Å². The van der Waals surface area contributed by atoms with Crippen LogP contribution in [0, 0.1) is 0 Å². The van der Waals surface area contributed by atoms with Gasteiger partial charge in [0.2, 0.25) is 0 Å². The molecule has 3 rings (SSSR count). The lowest BCUT2D eigenvalue weighted by molar-refractivity contribution is -0.132. The average Bonchev–Trinajstić information content (AvgIpc) is 3.13. The van der Waals surface area contributed by atoms with E-state index in [1.54, 1.807) is 35.1 Å². The number of nitrogens with one attached hydrogen (secondary N) is 2. The fraction of sp³-hybridized carbons (Fsp3) is 0.150. The molecule has 27 heavy (non-hydrogen) atoms. The van der Waals surface area contributed by atoms with Crippen molar-refractivity contribution in [1.82, 2.24) is 9.78 Å². The number of carbonyl (C=O) groups excluding carboxylic acids is 2. The molecule has 0 radical (unpaired) electrons. The third-order valence-electron chi connectivity index (χ3n) is 3.69. The third kappa shape index (κ3) is 4.94. The van der Waals surface area contributed by atoms with Gasteiger partial charge in [0.25, 0.3) is 0 Å². The van der Waals surface area contributed by atoms with E-state index in [-0.39, 0.29) is 6.04 Å². The number of para-hydroxylation sites is 1. The van der Waals surface area contributed by atoms with Crippen molar-refractivity contribution >= 4 is 23.2 Å². The summed E-state index contributed by atoms with van der Waals surface area (Å²) in [6.07, 6.45) is 3.17. The van der Waals surface area contributed by atoms with Crippen molar-refractivity contribution in [1.29, 1.82) is 0 Å². The lowest BCUT2D eigenvalue weighted by atomic mass is 10.3. The molecule has 138 valence electrons. The van der Waals surface area contributed by atoms with Crippen molar-refractivity contribution in [3.05, 3.63) is 67.0 Å². The first-order chi connectivity index (χ1) is 13.0. The van der Waals surface area contributed by atoms with E-state index in [4.69, 9.17) is 4.74 Å². The third-order valence-corrected chi connectivity index (χ3v) is 3.69. The second-order valence-corrected chi connectivity index (χ2v) is 6.15. The summed E-state index contributed by atoms with van der Waals surface area (Å²) >= 11 is 0. The molecule has 2 aromatic carbocycles. The number of anilines is 2. The first-order valence-electron chi connectivity index (χ1n) is 8.51. The van der Waals surface area contributed by atoms with Gasteiger partial charge in [0, 0.05) is 17.9 Å². The number of rotatable bonds is 5.